The van der Waals surface area contributed by atoms with Crippen LogP contribution in [0.2, 0.25) is 0 Å². The first kappa shape index (κ1) is 17.1. The summed E-state index contributed by atoms with van der Waals surface area (Å²) in [4.78, 5) is 36.5. The SMILES string of the molecule is CC(C)(C)OC(=O)N1CCC(Cn2cc(C(=O)O)ccc2=O)C1. The van der Waals surface area contributed by atoms with Gasteiger partial charge in [0.05, 0.1) is 5.56 Å². The molecule has 1 aromatic heterocycles. The molecule has 7 heteroatoms. The molecule has 1 saturated heterocycles. The summed E-state index contributed by atoms with van der Waals surface area (Å²) in [5, 5.41) is 9.00. The topological polar surface area (TPSA) is 88.8 Å². The molecule has 23 heavy (non-hydrogen) atoms. The second kappa shape index (κ2) is 6.44. The van der Waals surface area contributed by atoms with Crippen molar-refractivity contribution in [2.75, 3.05) is 13.1 Å². The van der Waals surface area contributed by atoms with Crippen molar-refractivity contribution < 1.29 is 19.4 Å². The summed E-state index contributed by atoms with van der Waals surface area (Å²) in [6, 6.07) is 2.55. The number of hydrogen-bond donors (Lipinski definition) is 1. The molecule has 2 rings (SSSR count). The third-order valence-electron chi connectivity index (χ3n) is 3.62. The third kappa shape index (κ3) is 4.58. The molecule has 0 radical (unpaired) electrons. The maximum absolute atomic E-state index is 12.0. The van der Waals surface area contributed by atoms with Crippen LogP contribution in [-0.2, 0) is 11.3 Å². The van der Waals surface area contributed by atoms with Crippen molar-refractivity contribution in [1.29, 1.82) is 0 Å². The summed E-state index contributed by atoms with van der Waals surface area (Å²) in [5.41, 5.74) is -0.709. The van der Waals surface area contributed by atoms with Gasteiger partial charge in [0.15, 0.2) is 0 Å². The van der Waals surface area contributed by atoms with E-state index in [4.69, 9.17) is 9.84 Å². The number of carbonyl (C=O) groups excluding carboxylic acids is 1. The van der Waals surface area contributed by atoms with E-state index in [1.54, 1.807) is 4.90 Å². The van der Waals surface area contributed by atoms with Gasteiger partial charge in [0.25, 0.3) is 5.56 Å². The summed E-state index contributed by atoms with van der Waals surface area (Å²) in [6.45, 7) is 6.91. The highest BCUT2D eigenvalue weighted by Crippen LogP contribution is 2.20. The Morgan fingerprint density at radius 2 is 2.04 bits per heavy atom. The minimum atomic E-state index is -1.07. The van der Waals surface area contributed by atoms with Crippen molar-refractivity contribution in [2.45, 2.75) is 39.3 Å². The average Bonchev–Trinajstić information content (AvgIpc) is 2.88. The Bertz CT molecular complexity index is 659. The zero-order valence-corrected chi connectivity index (χ0v) is 13.6. The zero-order chi connectivity index (χ0) is 17.2. The number of carboxylic acids is 1. The van der Waals surface area contributed by atoms with Crippen LogP contribution in [0.25, 0.3) is 0 Å². The van der Waals surface area contributed by atoms with Crippen molar-refractivity contribution in [3.05, 3.63) is 34.2 Å². The van der Waals surface area contributed by atoms with E-state index >= 15 is 0 Å². The number of likely N-dealkylation sites (tertiary alicyclic amines) is 1. The van der Waals surface area contributed by atoms with Gasteiger partial charge in [-0.1, -0.05) is 0 Å². The summed E-state index contributed by atoms with van der Waals surface area (Å²) in [6.07, 6.45) is 1.75. The molecule has 7 nitrogen and oxygen atoms in total. The molecule has 1 N–H and O–H groups in total. The van der Waals surface area contributed by atoms with Gasteiger partial charge in [-0.2, -0.15) is 0 Å². The first-order valence-corrected chi connectivity index (χ1v) is 7.57. The van der Waals surface area contributed by atoms with Crippen LogP contribution in [0.3, 0.4) is 0 Å². The quantitative estimate of drug-likeness (QED) is 0.916. The predicted molar refractivity (Wildman–Crippen MR) is 83.6 cm³/mol. The molecule has 1 amide bonds. The highest BCUT2D eigenvalue weighted by atomic mass is 16.6. The maximum Gasteiger partial charge on any atom is 0.410 e. The average molecular weight is 322 g/mol. The van der Waals surface area contributed by atoms with Gasteiger partial charge in [-0.05, 0) is 39.2 Å². The monoisotopic (exact) mass is 322 g/mol. The molecule has 1 aliphatic rings. The van der Waals surface area contributed by atoms with Crippen LogP contribution in [0.5, 0.6) is 0 Å². The standard InChI is InChI=1S/C16H22N2O5/c1-16(2,3)23-15(22)17-7-6-11(8-17)9-18-10-12(14(20)21)4-5-13(18)19/h4-5,10-11H,6-9H2,1-3H3,(H,20,21). The molecular weight excluding hydrogens is 300 g/mol. The minimum absolute atomic E-state index is 0.0756. The van der Waals surface area contributed by atoms with Crippen LogP contribution in [0.15, 0.2) is 23.1 Å². The van der Waals surface area contributed by atoms with E-state index in [0.717, 1.165) is 6.42 Å². The third-order valence-corrected chi connectivity index (χ3v) is 3.62. The van der Waals surface area contributed by atoms with Crippen molar-refractivity contribution in [3.63, 3.8) is 0 Å². The number of pyridine rings is 1. The van der Waals surface area contributed by atoms with Crippen molar-refractivity contribution in [3.8, 4) is 0 Å². The number of rotatable bonds is 3. The number of ether oxygens (including phenoxy) is 1. The lowest BCUT2D eigenvalue weighted by atomic mass is 10.1. The number of amides is 1. The highest BCUT2D eigenvalue weighted by molar-refractivity contribution is 5.87. The first-order valence-electron chi connectivity index (χ1n) is 7.57. The fourth-order valence-electron chi connectivity index (χ4n) is 2.55. The van der Waals surface area contributed by atoms with Crippen LogP contribution in [0, 0.1) is 5.92 Å². The van der Waals surface area contributed by atoms with Gasteiger partial charge in [-0.3, -0.25) is 4.79 Å². The van der Waals surface area contributed by atoms with Crippen LogP contribution >= 0.6 is 0 Å². The Morgan fingerprint density at radius 1 is 1.35 bits per heavy atom. The van der Waals surface area contributed by atoms with Crippen LogP contribution in [0.4, 0.5) is 4.79 Å². The molecular formula is C16H22N2O5. The van der Waals surface area contributed by atoms with Gasteiger partial charge >= 0.3 is 12.1 Å². The molecule has 1 unspecified atom stereocenters. The molecule has 1 atom stereocenters. The Morgan fingerprint density at radius 3 is 2.65 bits per heavy atom. The Kier molecular flexibility index (Phi) is 4.77. The Labute approximate surface area is 134 Å². The van der Waals surface area contributed by atoms with E-state index in [1.165, 1.54) is 22.9 Å². The van der Waals surface area contributed by atoms with E-state index in [1.807, 2.05) is 20.8 Å². The molecule has 1 fully saturated rings. The molecule has 0 aromatic carbocycles. The molecule has 1 aliphatic heterocycles. The summed E-state index contributed by atoms with van der Waals surface area (Å²) >= 11 is 0. The maximum atomic E-state index is 12.0. The lowest BCUT2D eigenvalue weighted by molar-refractivity contribution is 0.0287. The van der Waals surface area contributed by atoms with E-state index < -0.39 is 11.6 Å². The van der Waals surface area contributed by atoms with Crippen molar-refractivity contribution in [1.82, 2.24) is 9.47 Å². The fraction of sp³-hybridized carbons (Fsp3) is 0.562. The molecule has 0 bridgehead atoms. The number of hydrogen-bond acceptors (Lipinski definition) is 4. The van der Waals surface area contributed by atoms with Crippen LogP contribution < -0.4 is 5.56 Å². The number of aromatic carboxylic acids is 1. The van der Waals surface area contributed by atoms with Gasteiger partial charge in [-0.25, -0.2) is 9.59 Å². The predicted octanol–water partition coefficient (Wildman–Crippen LogP) is 1.80. The molecule has 0 saturated carbocycles. The van der Waals surface area contributed by atoms with E-state index in [-0.39, 0.29) is 23.1 Å². The van der Waals surface area contributed by atoms with E-state index in [0.29, 0.717) is 19.6 Å². The van der Waals surface area contributed by atoms with Crippen LogP contribution in [0.1, 0.15) is 37.6 Å². The highest BCUT2D eigenvalue weighted by Gasteiger charge is 2.30. The number of carbonyl (C=O) groups is 2. The molecule has 1 aromatic rings. The number of aromatic nitrogens is 1. The first-order chi connectivity index (χ1) is 10.7. The fourth-order valence-corrected chi connectivity index (χ4v) is 2.55. The van der Waals surface area contributed by atoms with Crippen molar-refractivity contribution >= 4 is 12.1 Å². The van der Waals surface area contributed by atoms with Gasteiger partial charge in [0.1, 0.15) is 5.60 Å². The van der Waals surface area contributed by atoms with Gasteiger partial charge in [-0.15, -0.1) is 0 Å². The zero-order valence-electron chi connectivity index (χ0n) is 13.6. The molecule has 126 valence electrons. The Balaban J connectivity index is 2.01. The summed E-state index contributed by atoms with van der Waals surface area (Å²) in [7, 11) is 0. The van der Waals surface area contributed by atoms with Crippen LogP contribution in [-0.4, -0.2) is 45.3 Å². The lowest BCUT2D eigenvalue weighted by Crippen LogP contribution is -2.35. The van der Waals surface area contributed by atoms with Gasteiger partial charge < -0.3 is 19.3 Å². The Hall–Kier alpha value is -2.31. The molecule has 0 aliphatic carbocycles. The van der Waals surface area contributed by atoms with E-state index in [9.17, 15) is 14.4 Å². The smallest absolute Gasteiger partial charge is 0.410 e. The second-order valence-electron chi connectivity index (χ2n) is 6.79. The van der Waals surface area contributed by atoms with E-state index in [2.05, 4.69) is 0 Å². The summed E-state index contributed by atoms with van der Waals surface area (Å²) < 4.78 is 6.73. The second-order valence-corrected chi connectivity index (χ2v) is 6.79. The van der Waals surface area contributed by atoms with Crippen molar-refractivity contribution in [2.24, 2.45) is 5.92 Å². The number of carboxylic acid groups (broad SMARTS) is 1. The molecule has 2 heterocycles. The molecule has 0 spiro atoms. The lowest BCUT2D eigenvalue weighted by Gasteiger charge is -2.24. The normalized spacial score (nSPS) is 18.0. The summed E-state index contributed by atoms with van der Waals surface area (Å²) in [5.74, 6) is -0.968. The van der Waals surface area contributed by atoms with Gasteiger partial charge in [0, 0.05) is 31.9 Å². The van der Waals surface area contributed by atoms with Gasteiger partial charge in [0.2, 0.25) is 0 Å². The largest absolute Gasteiger partial charge is 0.478 e. The minimum Gasteiger partial charge on any atom is -0.478 e. The number of nitrogens with zero attached hydrogens (tertiary/aromatic N) is 2.